The summed E-state index contributed by atoms with van der Waals surface area (Å²) < 4.78 is 0. The first-order valence-electron chi connectivity index (χ1n) is 9.51. The maximum absolute atomic E-state index is 11.5. The molecule has 0 atom stereocenters. The van der Waals surface area contributed by atoms with E-state index in [1.807, 2.05) is 23.2 Å². The highest BCUT2D eigenvalue weighted by Crippen LogP contribution is 2.19. The van der Waals surface area contributed by atoms with Crippen molar-refractivity contribution >= 4 is 17.8 Å². The minimum Gasteiger partial charge on any atom is -0.353 e. The van der Waals surface area contributed by atoms with Crippen molar-refractivity contribution in [3.8, 4) is 0 Å². The van der Waals surface area contributed by atoms with E-state index in [1.54, 1.807) is 6.92 Å². The molecule has 3 rings (SSSR count). The van der Waals surface area contributed by atoms with Gasteiger partial charge in [-0.3, -0.25) is 4.79 Å². The van der Waals surface area contributed by atoms with Crippen molar-refractivity contribution < 1.29 is 4.79 Å². The Kier molecular flexibility index (Phi) is 6.60. The number of amides is 1. The largest absolute Gasteiger partial charge is 0.353 e. The number of nitrogens with one attached hydrogen (secondary N) is 1. The summed E-state index contributed by atoms with van der Waals surface area (Å²) in [7, 11) is 0. The molecular formula is C22H28N4O. The zero-order valence-electron chi connectivity index (χ0n) is 16.2. The van der Waals surface area contributed by atoms with Crippen LogP contribution >= 0.6 is 0 Å². The average molecular weight is 364 g/mol. The van der Waals surface area contributed by atoms with Crippen LogP contribution in [0.2, 0.25) is 0 Å². The third-order valence-corrected chi connectivity index (χ3v) is 4.82. The van der Waals surface area contributed by atoms with Gasteiger partial charge in [0.15, 0.2) is 0 Å². The van der Waals surface area contributed by atoms with Crippen molar-refractivity contribution in [2.75, 3.05) is 37.6 Å². The van der Waals surface area contributed by atoms with Gasteiger partial charge >= 0.3 is 0 Å². The zero-order valence-corrected chi connectivity index (χ0v) is 16.2. The Morgan fingerprint density at radius 1 is 1.07 bits per heavy atom. The van der Waals surface area contributed by atoms with Crippen molar-refractivity contribution in [2.45, 2.75) is 20.4 Å². The second-order valence-electron chi connectivity index (χ2n) is 6.98. The quantitative estimate of drug-likeness (QED) is 0.856. The number of anilines is 1. The van der Waals surface area contributed by atoms with Crippen LogP contribution < -0.4 is 10.2 Å². The van der Waals surface area contributed by atoms with Gasteiger partial charge in [-0.05, 0) is 18.6 Å². The summed E-state index contributed by atoms with van der Waals surface area (Å²) in [5.74, 6) is 1.18. The number of aromatic nitrogens is 1. The third-order valence-electron chi connectivity index (χ3n) is 4.82. The first kappa shape index (κ1) is 19.1. The van der Waals surface area contributed by atoms with Crippen LogP contribution in [0.1, 0.15) is 25.0 Å². The van der Waals surface area contributed by atoms with Gasteiger partial charge in [0, 0.05) is 58.0 Å². The van der Waals surface area contributed by atoms with Crippen molar-refractivity contribution in [1.29, 1.82) is 0 Å². The summed E-state index contributed by atoms with van der Waals surface area (Å²) in [6.07, 6.45) is 4.05. The fourth-order valence-electron chi connectivity index (χ4n) is 3.37. The Labute approximate surface area is 161 Å². The molecule has 0 spiro atoms. The maximum Gasteiger partial charge on any atom is 0.219 e. The van der Waals surface area contributed by atoms with Crippen LogP contribution in [-0.2, 0) is 11.3 Å². The molecule has 2 heterocycles. The molecule has 0 bridgehead atoms. The number of rotatable bonds is 6. The highest BCUT2D eigenvalue weighted by atomic mass is 16.2. The number of nitrogens with zero attached hydrogens (tertiary/aromatic N) is 3. The summed E-state index contributed by atoms with van der Waals surface area (Å²) in [6.45, 7) is 8.57. The Bertz CT molecular complexity index is 780. The second kappa shape index (κ2) is 9.33. The predicted octanol–water partition coefficient (Wildman–Crippen LogP) is 2.94. The van der Waals surface area contributed by atoms with Gasteiger partial charge in [0.2, 0.25) is 5.91 Å². The lowest BCUT2D eigenvalue weighted by Gasteiger charge is -2.35. The Morgan fingerprint density at radius 2 is 1.81 bits per heavy atom. The van der Waals surface area contributed by atoms with Crippen LogP contribution in [0.5, 0.6) is 0 Å². The fourth-order valence-corrected chi connectivity index (χ4v) is 3.37. The van der Waals surface area contributed by atoms with Gasteiger partial charge in [0.25, 0.3) is 0 Å². The second-order valence-corrected chi connectivity index (χ2v) is 6.98. The number of piperazine rings is 1. The number of carbonyl (C=O) groups is 1. The number of hydrogen-bond acceptors (Lipinski definition) is 4. The van der Waals surface area contributed by atoms with Crippen LogP contribution in [0.15, 0.2) is 54.2 Å². The number of carbonyl (C=O) groups excluding carboxylic acids is 1. The Hall–Kier alpha value is -2.66. The van der Waals surface area contributed by atoms with E-state index in [0.29, 0.717) is 0 Å². The highest BCUT2D eigenvalue weighted by Gasteiger charge is 2.21. The smallest absolute Gasteiger partial charge is 0.219 e. The molecule has 0 aliphatic carbocycles. The minimum atomic E-state index is 0.151. The molecule has 1 amide bonds. The molecule has 1 N–H and O–H groups in total. The Balaban J connectivity index is 1.57. The molecular weight excluding hydrogens is 336 g/mol. The first-order valence-corrected chi connectivity index (χ1v) is 9.51. The van der Waals surface area contributed by atoms with Crippen molar-refractivity contribution in [1.82, 2.24) is 15.2 Å². The van der Waals surface area contributed by atoms with Gasteiger partial charge in [-0.25, -0.2) is 4.98 Å². The first-order chi connectivity index (χ1) is 13.1. The molecule has 5 heteroatoms. The summed E-state index contributed by atoms with van der Waals surface area (Å²) in [5, 5.41) is 3.53. The average Bonchev–Trinajstić information content (AvgIpc) is 2.69. The predicted molar refractivity (Wildman–Crippen MR) is 111 cm³/mol. The van der Waals surface area contributed by atoms with Crippen LogP contribution in [-0.4, -0.2) is 48.5 Å². The van der Waals surface area contributed by atoms with Gasteiger partial charge in [-0.15, -0.1) is 0 Å². The van der Waals surface area contributed by atoms with E-state index in [2.05, 4.69) is 58.5 Å². The van der Waals surface area contributed by atoms with Gasteiger partial charge < -0.3 is 15.1 Å². The molecule has 0 saturated carbocycles. The summed E-state index contributed by atoms with van der Waals surface area (Å²) in [5.41, 5.74) is 3.71. The monoisotopic (exact) mass is 364 g/mol. The third kappa shape index (κ3) is 5.41. The minimum absolute atomic E-state index is 0.151. The van der Waals surface area contributed by atoms with E-state index < -0.39 is 0 Å². The van der Waals surface area contributed by atoms with Gasteiger partial charge in [-0.2, -0.15) is 0 Å². The van der Waals surface area contributed by atoms with Crippen molar-refractivity contribution in [3.63, 3.8) is 0 Å². The van der Waals surface area contributed by atoms with Gasteiger partial charge in [-0.1, -0.05) is 48.0 Å². The normalized spacial score (nSPS) is 15.1. The fraction of sp³-hybridized carbons (Fsp3) is 0.364. The van der Waals surface area contributed by atoms with E-state index in [4.69, 9.17) is 0 Å². The highest BCUT2D eigenvalue weighted by molar-refractivity contribution is 5.73. The van der Waals surface area contributed by atoms with E-state index in [-0.39, 0.29) is 5.91 Å². The zero-order chi connectivity index (χ0) is 19.1. The van der Waals surface area contributed by atoms with Crippen molar-refractivity contribution in [2.24, 2.45) is 0 Å². The maximum atomic E-state index is 11.5. The van der Waals surface area contributed by atoms with E-state index >= 15 is 0 Å². The number of pyridine rings is 1. The molecule has 142 valence electrons. The molecule has 2 aromatic rings. The standard InChI is InChI=1S/C22H28N4O/c1-18(15-20-7-4-3-5-8-20)16-23-17-21-9-6-10-24-22(21)26-13-11-25(12-14-26)19(2)27/h3-10,15,23H,11-14,16-17H2,1-2H3/b18-15+. The molecule has 1 aliphatic heterocycles. The molecule has 1 aliphatic rings. The molecule has 0 unspecified atom stereocenters. The van der Waals surface area contributed by atoms with Crippen LogP contribution in [0, 0.1) is 0 Å². The summed E-state index contributed by atoms with van der Waals surface area (Å²) in [6, 6.07) is 14.5. The molecule has 1 aromatic heterocycles. The lowest BCUT2D eigenvalue weighted by atomic mass is 10.1. The van der Waals surface area contributed by atoms with Crippen LogP contribution in [0.3, 0.4) is 0 Å². The molecule has 0 radical (unpaired) electrons. The SMILES string of the molecule is CC(=O)N1CCN(c2ncccc2CNC/C(C)=C/c2ccccc2)CC1. The van der Waals surface area contributed by atoms with Gasteiger partial charge in [0.1, 0.15) is 5.82 Å². The van der Waals surface area contributed by atoms with E-state index in [0.717, 1.165) is 45.1 Å². The number of hydrogen-bond donors (Lipinski definition) is 1. The lowest BCUT2D eigenvalue weighted by Crippen LogP contribution is -2.48. The van der Waals surface area contributed by atoms with E-state index in [1.165, 1.54) is 16.7 Å². The van der Waals surface area contributed by atoms with E-state index in [9.17, 15) is 4.79 Å². The topological polar surface area (TPSA) is 48.5 Å². The number of benzene rings is 1. The summed E-state index contributed by atoms with van der Waals surface area (Å²) >= 11 is 0. The van der Waals surface area contributed by atoms with Crippen LogP contribution in [0.4, 0.5) is 5.82 Å². The molecule has 1 fully saturated rings. The lowest BCUT2D eigenvalue weighted by molar-refractivity contribution is -0.129. The molecule has 1 saturated heterocycles. The van der Waals surface area contributed by atoms with Crippen molar-refractivity contribution in [3.05, 3.63) is 65.4 Å². The van der Waals surface area contributed by atoms with Gasteiger partial charge in [0.05, 0.1) is 0 Å². The molecule has 27 heavy (non-hydrogen) atoms. The summed E-state index contributed by atoms with van der Waals surface area (Å²) in [4.78, 5) is 20.3. The Morgan fingerprint density at radius 3 is 2.52 bits per heavy atom. The van der Waals surface area contributed by atoms with Crippen LogP contribution in [0.25, 0.3) is 6.08 Å². The molecule has 5 nitrogen and oxygen atoms in total. The molecule has 1 aromatic carbocycles.